The van der Waals surface area contributed by atoms with Crippen LogP contribution in [0.15, 0.2) is 77.2 Å². The third-order valence-electron chi connectivity index (χ3n) is 4.97. The van der Waals surface area contributed by atoms with E-state index in [2.05, 4.69) is 24.0 Å². The van der Waals surface area contributed by atoms with Gasteiger partial charge in [-0.1, -0.05) is 43.3 Å². The molecule has 0 amide bonds. The smallest absolute Gasteiger partial charge is 0.246 e. The zero-order valence-corrected chi connectivity index (χ0v) is 16.9. The van der Waals surface area contributed by atoms with E-state index in [0.29, 0.717) is 5.75 Å². The summed E-state index contributed by atoms with van der Waals surface area (Å²) in [7, 11) is 3.30. The van der Waals surface area contributed by atoms with Crippen LogP contribution in [0.5, 0.6) is 11.5 Å². The number of ether oxygens (including phenoxy) is 2. The minimum atomic E-state index is 0.714. The number of aryl methyl sites for hydroxylation is 1. The second-order valence-electron chi connectivity index (χ2n) is 6.77. The van der Waals surface area contributed by atoms with Gasteiger partial charge in [0.05, 0.1) is 25.7 Å². The van der Waals surface area contributed by atoms with Crippen LogP contribution < -0.4 is 19.8 Å². The Kier molecular flexibility index (Phi) is 5.34. The molecule has 0 radical (unpaired) electrons. The fourth-order valence-corrected chi connectivity index (χ4v) is 3.35. The van der Waals surface area contributed by atoms with Crippen molar-refractivity contribution in [1.82, 2.24) is 0 Å². The molecule has 0 saturated carbocycles. The Balaban J connectivity index is 2.00. The quantitative estimate of drug-likeness (QED) is 0.564. The number of hydrogen-bond acceptors (Lipinski definition) is 3. The molecule has 0 aliphatic rings. The average molecular weight is 386 g/mol. The van der Waals surface area contributed by atoms with Crippen LogP contribution in [-0.4, -0.2) is 14.2 Å². The molecule has 0 fully saturated rings. The van der Waals surface area contributed by atoms with Crippen molar-refractivity contribution in [1.29, 1.82) is 0 Å². The van der Waals surface area contributed by atoms with Gasteiger partial charge in [0.15, 0.2) is 5.75 Å². The molecule has 29 heavy (non-hydrogen) atoms. The maximum absolute atomic E-state index is 6.23. The van der Waals surface area contributed by atoms with E-state index in [1.54, 1.807) is 14.2 Å². The molecule has 1 aromatic heterocycles. The highest BCUT2D eigenvalue weighted by Gasteiger charge is 2.13. The van der Waals surface area contributed by atoms with Gasteiger partial charge in [-0.2, -0.15) is 0 Å². The number of hydrogen-bond donors (Lipinski definition) is 1. The van der Waals surface area contributed by atoms with E-state index in [-0.39, 0.29) is 0 Å². The largest absolute Gasteiger partial charge is 0.497 e. The van der Waals surface area contributed by atoms with Gasteiger partial charge in [-0.15, -0.1) is 0 Å². The Bertz CT molecular complexity index is 1210. The molecule has 4 heteroatoms. The number of fused-ring (bicyclic) bond motifs is 1. The number of benzene rings is 3. The first kappa shape index (κ1) is 18.8. The lowest BCUT2D eigenvalue weighted by Gasteiger charge is -2.06. The Labute approximate surface area is 170 Å². The lowest BCUT2D eigenvalue weighted by Crippen LogP contribution is -2.70. The van der Waals surface area contributed by atoms with Gasteiger partial charge >= 0.3 is 0 Å². The van der Waals surface area contributed by atoms with Crippen molar-refractivity contribution >= 4 is 16.7 Å². The standard InChI is InChI=1S/C25H23NO3/c1-4-17-10-13-23-20(14-17)22(16-24(29-23)18-8-6-5-7-9-18)26-21-12-11-19(27-2)15-25(21)28-3/h5-16H,4H2,1-3H3/p+1. The Morgan fingerprint density at radius 2 is 1.69 bits per heavy atom. The first-order chi connectivity index (χ1) is 14.2. The molecule has 0 aliphatic carbocycles. The van der Waals surface area contributed by atoms with Crippen LogP contribution in [0.4, 0.5) is 5.69 Å². The summed E-state index contributed by atoms with van der Waals surface area (Å²) in [6, 6.07) is 24.2. The molecular weight excluding hydrogens is 362 g/mol. The first-order valence-corrected chi connectivity index (χ1v) is 9.66. The molecule has 4 aromatic rings. The minimum Gasteiger partial charge on any atom is -0.497 e. The third kappa shape index (κ3) is 3.87. The highest BCUT2D eigenvalue weighted by molar-refractivity contribution is 5.79. The third-order valence-corrected chi connectivity index (χ3v) is 4.97. The van der Waals surface area contributed by atoms with E-state index in [4.69, 9.17) is 13.9 Å². The summed E-state index contributed by atoms with van der Waals surface area (Å²) in [4.78, 5) is 3.54. The SMILES string of the molecule is CCc1ccc2oc(-c3ccccc3)cc(=[NH+]c3ccc(OC)cc3OC)c2c1. The Morgan fingerprint density at radius 3 is 2.41 bits per heavy atom. The van der Waals surface area contributed by atoms with E-state index >= 15 is 0 Å². The van der Waals surface area contributed by atoms with Gasteiger partial charge in [0, 0.05) is 17.7 Å². The molecule has 146 valence electrons. The van der Waals surface area contributed by atoms with E-state index in [0.717, 1.165) is 45.5 Å². The predicted molar refractivity (Wildman–Crippen MR) is 114 cm³/mol. The number of methoxy groups -OCH3 is 2. The zero-order valence-electron chi connectivity index (χ0n) is 16.9. The van der Waals surface area contributed by atoms with Gasteiger partial charge in [-0.05, 0) is 30.2 Å². The zero-order chi connectivity index (χ0) is 20.2. The van der Waals surface area contributed by atoms with Crippen LogP contribution in [-0.2, 0) is 6.42 Å². The van der Waals surface area contributed by atoms with Crippen molar-refractivity contribution in [3.05, 3.63) is 83.7 Å². The topological polar surface area (TPSA) is 45.6 Å². The fraction of sp³-hybridized carbons (Fsp3) is 0.160. The summed E-state index contributed by atoms with van der Waals surface area (Å²) < 4.78 is 17.1. The summed E-state index contributed by atoms with van der Waals surface area (Å²) in [6.45, 7) is 2.15. The molecule has 4 nitrogen and oxygen atoms in total. The second-order valence-corrected chi connectivity index (χ2v) is 6.77. The van der Waals surface area contributed by atoms with Crippen molar-refractivity contribution in [3.63, 3.8) is 0 Å². The van der Waals surface area contributed by atoms with Crippen LogP contribution in [0.2, 0.25) is 0 Å². The Hall–Kier alpha value is -3.53. The van der Waals surface area contributed by atoms with Crippen molar-refractivity contribution in [2.75, 3.05) is 14.2 Å². The second kappa shape index (κ2) is 8.23. The van der Waals surface area contributed by atoms with Crippen LogP contribution in [0.1, 0.15) is 12.5 Å². The molecule has 0 spiro atoms. The highest BCUT2D eigenvalue weighted by Crippen LogP contribution is 2.25. The predicted octanol–water partition coefficient (Wildman–Crippen LogP) is 3.99. The van der Waals surface area contributed by atoms with Gasteiger partial charge in [-0.25, -0.2) is 4.99 Å². The lowest BCUT2D eigenvalue weighted by molar-refractivity contribution is -0.401. The fourth-order valence-electron chi connectivity index (χ4n) is 3.35. The highest BCUT2D eigenvalue weighted by atomic mass is 16.5. The van der Waals surface area contributed by atoms with E-state index in [1.807, 2.05) is 60.7 Å². The molecular formula is C25H24NO3+. The average Bonchev–Trinajstić information content (AvgIpc) is 2.79. The van der Waals surface area contributed by atoms with E-state index < -0.39 is 0 Å². The van der Waals surface area contributed by atoms with Crippen LogP contribution >= 0.6 is 0 Å². The molecule has 3 aromatic carbocycles. The van der Waals surface area contributed by atoms with Crippen molar-refractivity contribution in [2.24, 2.45) is 0 Å². The number of nitrogens with one attached hydrogen (secondary N) is 1. The molecule has 1 N–H and O–H groups in total. The maximum Gasteiger partial charge on any atom is 0.246 e. The lowest BCUT2D eigenvalue weighted by atomic mass is 10.1. The molecule has 1 heterocycles. The summed E-state index contributed by atoms with van der Waals surface area (Å²) in [5, 5.41) is 1.99. The molecule has 0 saturated heterocycles. The van der Waals surface area contributed by atoms with Gasteiger partial charge in [0.2, 0.25) is 11.0 Å². The Morgan fingerprint density at radius 1 is 0.862 bits per heavy atom. The molecule has 4 rings (SSSR count). The molecule has 0 unspecified atom stereocenters. The van der Waals surface area contributed by atoms with Gasteiger partial charge in [-0.3, -0.25) is 0 Å². The summed E-state index contributed by atoms with van der Waals surface area (Å²) >= 11 is 0. The summed E-state index contributed by atoms with van der Waals surface area (Å²) in [5.41, 5.74) is 3.98. The van der Waals surface area contributed by atoms with Crippen LogP contribution in [0.25, 0.3) is 22.3 Å². The first-order valence-electron chi connectivity index (χ1n) is 9.66. The van der Waals surface area contributed by atoms with Gasteiger partial charge in [0.25, 0.3) is 0 Å². The van der Waals surface area contributed by atoms with Crippen molar-refractivity contribution < 1.29 is 18.9 Å². The maximum atomic E-state index is 6.23. The van der Waals surface area contributed by atoms with Crippen LogP contribution in [0.3, 0.4) is 0 Å². The molecule has 0 aliphatic heterocycles. The van der Waals surface area contributed by atoms with E-state index in [1.165, 1.54) is 5.56 Å². The van der Waals surface area contributed by atoms with Crippen molar-refractivity contribution in [3.8, 4) is 22.8 Å². The summed E-state index contributed by atoms with van der Waals surface area (Å²) in [6.07, 6.45) is 0.960. The molecule has 0 atom stereocenters. The van der Waals surface area contributed by atoms with Gasteiger partial charge < -0.3 is 13.9 Å². The normalized spacial score (nSPS) is 11.6. The van der Waals surface area contributed by atoms with Gasteiger partial charge in [0.1, 0.15) is 17.1 Å². The summed E-state index contributed by atoms with van der Waals surface area (Å²) in [5.74, 6) is 2.27. The monoisotopic (exact) mass is 386 g/mol. The van der Waals surface area contributed by atoms with Crippen molar-refractivity contribution in [2.45, 2.75) is 13.3 Å². The van der Waals surface area contributed by atoms with E-state index in [9.17, 15) is 0 Å². The minimum absolute atomic E-state index is 0.714. The number of rotatable bonds is 5. The molecule has 0 bridgehead atoms. The van der Waals surface area contributed by atoms with Crippen LogP contribution in [0, 0.1) is 0 Å².